The second-order valence-electron chi connectivity index (χ2n) is 7.69. The molecule has 1 N–H and O–H groups in total. The van der Waals surface area contributed by atoms with Crippen molar-refractivity contribution in [3.63, 3.8) is 0 Å². The van der Waals surface area contributed by atoms with Crippen molar-refractivity contribution in [3.8, 4) is 5.75 Å². The van der Waals surface area contributed by atoms with Gasteiger partial charge >= 0.3 is 12.4 Å². The van der Waals surface area contributed by atoms with Gasteiger partial charge in [-0.3, -0.25) is 14.6 Å². The van der Waals surface area contributed by atoms with Crippen LogP contribution in [0, 0.1) is 0 Å². The summed E-state index contributed by atoms with van der Waals surface area (Å²) in [4.78, 5) is 30.4. The molecule has 2 aromatic carbocycles. The molecule has 2 aliphatic rings. The Morgan fingerprint density at radius 1 is 1.00 bits per heavy atom. The molecule has 3 amide bonds. The number of anilines is 1. The summed E-state index contributed by atoms with van der Waals surface area (Å²) in [5, 5.41) is 2.75. The molecule has 170 valence electrons. The predicted octanol–water partition coefficient (Wildman–Crippen LogP) is 3.07. The number of rotatable bonds is 5. The fourth-order valence-electron chi connectivity index (χ4n) is 3.87. The highest BCUT2D eigenvalue weighted by Gasteiger charge is 2.31. The lowest BCUT2D eigenvalue weighted by Gasteiger charge is -2.35. The second-order valence-corrected chi connectivity index (χ2v) is 7.69. The standard InChI is InChI=1S/C22H23F3N4O3/c23-22(24,25)32-19-6-4-16(5-7-19)15-27-10-12-28(13-11-27)20(30)17-2-1-3-18(14-17)29-9-8-26-21(29)31/h1-7,14H,8-13,15H2,(H,26,31). The lowest BCUT2D eigenvalue weighted by atomic mass is 10.1. The van der Waals surface area contributed by atoms with E-state index >= 15 is 0 Å². The molecule has 0 aromatic heterocycles. The number of carbonyl (C=O) groups excluding carboxylic acids is 2. The first-order chi connectivity index (χ1) is 15.3. The number of benzene rings is 2. The number of nitrogens with zero attached hydrogens (tertiary/aromatic N) is 3. The fourth-order valence-corrected chi connectivity index (χ4v) is 3.87. The molecule has 0 aliphatic carbocycles. The minimum absolute atomic E-state index is 0.0836. The van der Waals surface area contributed by atoms with Crippen LogP contribution in [0.3, 0.4) is 0 Å². The number of piperazine rings is 1. The van der Waals surface area contributed by atoms with E-state index in [1.54, 1.807) is 40.1 Å². The molecule has 4 rings (SSSR count). The number of urea groups is 1. The van der Waals surface area contributed by atoms with Crippen molar-refractivity contribution in [2.24, 2.45) is 0 Å². The fraction of sp³-hybridized carbons (Fsp3) is 0.364. The molecule has 2 saturated heterocycles. The van der Waals surface area contributed by atoms with Crippen molar-refractivity contribution in [2.75, 3.05) is 44.2 Å². The van der Waals surface area contributed by atoms with Crippen LogP contribution < -0.4 is 15.0 Å². The summed E-state index contributed by atoms with van der Waals surface area (Å²) in [6.45, 7) is 4.12. The van der Waals surface area contributed by atoms with Gasteiger partial charge in [0, 0.05) is 57.1 Å². The van der Waals surface area contributed by atoms with E-state index in [4.69, 9.17) is 0 Å². The van der Waals surface area contributed by atoms with Gasteiger partial charge in [0.05, 0.1) is 0 Å². The monoisotopic (exact) mass is 448 g/mol. The normalized spacial score (nSPS) is 17.4. The number of ether oxygens (including phenoxy) is 1. The summed E-state index contributed by atoms with van der Waals surface area (Å²) in [7, 11) is 0. The molecule has 2 heterocycles. The van der Waals surface area contributed by atoms with Gasteiger partial charge in [-0.1, -0.05) is 18.2 Å². The Bertz CT molecular complexity index is 973. The topological polar surface area (TPSA) is 65.1 Å². The molecule has 32 heavy (non-hydrogen) atoms. The van der Waals surface area contributed by atoms with Crippen LogP contribution in [-0.2, 0) is 6.54 Å². The highest BCUT2D eigenvalue weighted by atomic mass is 19.4. The Kier molecular flexibility index (Phi) is 6.22. The first-order valence-electron chi connectivity index (χ1n) is 10.3. The van der Waals surface area contributed by atoms with Crippen molar-refractivity contribution >= 4 is 17.6 Å². The van der Waals surface area contributed by atoms with Gasteiger partial charge in [0.15, 0.2) is 0 Å². The molecule has 0 bridgehead atoms. The summed E-state index contributed by atoms with van der Waals surface area (Å²) in [5.74, 6) is -0.329. The van der Waals surface area contributed by atoms with Gasteiger partial charge in [0.1, 0.15) is 5.75 Å². The van der Waals surface area contributed by atoms with E-state index in [2.05, 4.69) is 15.0 Å². The Hall–Kier alpha value is -3.27. The first-order valence-corrected chi connectivity index (χ1v) is 10.3. The van der Waals surface area contributed by atoms with Gasteiger partial charge in [0.2, 0.25) is 0 Å². The van der Waals surface area contributed by atoms with Crippen LogP contribution in [0.1, 0.15) is 15.9 Å². The van der Waals surface area contributed by atoms with Crippen LogP contribution in [0.2, 0.25) is 0 Å². The molecule has 0 radical (unpaired) electrons. The number of amides is 3. The average Bonchev–Trinajstić information content (AvgIpc) is 3.20. The van der Waals surface area contributed by atoms with Gasteiger partial charge in [-0.25, -0.2) is 4.79 Å². The van der Waals surface area contributed by atoms with Crippen molar-refractivity contribution in [2.45, 2.75) is 12.9 Å². The number of hydrogen-bond acceptors (Lipinski definition) is 4. The Balaban J connectivity index is 1.31. The minimum atomic E-state index is -4.70. The molecule has 10 heteroatoms. The number of hydrogen-bond donors (Lipinski definition) is 1. The van der Waals surface area contributed by atoms with Crippen LogP contribution in [0.25, 0.3) is 0 Å². The Labute approximate surface area is 183 Å². The molecule has 2 fully saturated rings. The Morgan fingerprint density at radius 3 is 2.34 bits per heavy atom. The molecule has 0 atom stereocenters. The molecule has 7 nitrogen and oxygen atoms in total. The number of halogens is 3. The number of alkyl halides is 3. The van der Waals surface area contributed by atoms with Crippen LogP contribution >= 0.6 is 0 Å². The van der Waals surface area contributed by atoms with Crippen LogP contribution in [-0.4, -0.2) is 67.4 Å². The van der Waals surface area contributed by atoms with Crippen molar-refractivity contribution in [1.29, 1.82) is 0 Å². The molecular weight excluding hydrogens is 425 g/mol. The summed E-state index contributed by atoms with van der Waals surface area (Å²) >= 11 is 0. The van der Waals surface area contributed by atoms with Crippen molar-refractivity contribution < 1.29 is 27.5 Å². The van der Waals surface area contributed by atoms with Gasteiger partial charge < -0.3 is 15.0 Å². The molecular formula is C22H23F3N4O3. The highest BCUT2D eigenvalue weighted by Crippen LogP contribution is 2.24. The van der Waals surface area contributed by atoms with Gasteiger partial charge in [0.25, 0.3) is 5.91 Å². The van der Waals surface area contributed by atoms with Crippen molar-refractivity contribution in [1.82, 2.24) is 15.1 Å². The van der Waals surface area contributed by atoms with E-state index < -0.39 is 6.36 Å². The van der Waals surface area contributed by atoms with Crippen molar-refractivity contribution in [3.05, 3.63) is 59.7 Å². The summed E-state index contributed by atoms with van der Waals surface area (Å²) in [6, 6.07) is 12.7. The third kappa shape index (κ3) is 5.31. The summed E-state index contributed by atoms with van der Waals surface area (Å²) in [6.07, 6.45) is -4.70. The summed E-state index contributed by atoms with van der Waals surface area (Å²) < 4.78 is 40.7. The SMILES string of the molecule is O=C(c1cccc(N2CCNC2=O)c1)N1CCN(Cc2ccc(OC(F)(F)F)cc2)CC1. The quantitative estimate of drug-likeness (QED) is 0.764. The molecule has 2 aliphatic heterocycles. The van der Waals surface area contributed by atoms with Crippen LogP contribution in [0.4, 0.5) is 23.7 Å². The highest BCUT2D eigenvalue weighted by molar-refractivity contribution is 5.98. The Morgan fingerprint density at radius 2 is 1.72 bits per heavy atom. The lowest BCUT2D eigenvalue weighted by Crippen LogP contribution is -2.48. The second kappa shape index (κ2) is 9.07. The van der Waals surface area contributed by atoms with E-state index in [1.807, 2.05) is 6.07 Å². The molecule has 2 aromatic rings. The maximum Gasteiger partial charge on any atom is 0.573 e. The van der Waals surface area contributed by atoms with E-state index in [0.29, 0.717) is 57.1 Å². The lowest BCUT2D eigenvalue weighted by molar-refractivity contribution is -0.274. The minimum Gasteiger partial charge on any atom is -0.406 e. The maximum atomic E-state index is 12.9. The number of nitrogens with one attached hydrogen (secondary N) is 1. The van der Waals surface area contributed by atoms with Gasteiger partial charge in [-0.15, -0.1) is 13.2 Å². The first kappa shape index (κ1) is 21.9. The van der Waals surface area contributed by atoms with Gasteiger partial charge in [-0.2, -0.15) is 0 Å². The van der Waals surface area contributed by atoms with E-state index in [1.165, 1.54) is 12.1 Å². The third-order valence-corrected chi connectivity index (χ3v) is 5.48. The summed E-state index contributed by atoms with van der Waals surface area (Å²) in [5.41, 5.74) is 2.11. The van der Waals surface area contributed by atoms with E-state index in [-0.39, 0.29) is 17.7 Å². The zero-order valence-electron chi connectivity index (χ0n) is 17.3. The van der Waals surface area contributed by atoms with Crippen LogP contribution in [0.15, 0.2) is 48.5 Å². The maximum absolute atomic E-state index is 12.9. The zero-order valence-corrected chi connectivity index (χ0v) is 17.3. The largest absolute Gasteiger partial charge is 0.573 e. The average molecular weight is 448 g/mol. The van der Waals surface area contributed by atoms with E-state index in [0.717, 1.165) is 5.56 Å². The molecule has 0 unspecified atom stereocenters. The smallest absolute Gasteiger partial charge is 0.406 e. The third-order valence-electron chi connectivity index (χ3n) is 5.48. The number of carbonyl (C=O) groups is 2. The predicted molar refractivity (Wildman–Crippen MR) is 111 cm³/mol. The molecule has 0 spiro atoms. The van der Waals surface area contributed by atoms with Gasteiger partial charge in [-0.05, 0) is 35.9 Å². The van der Waals surface area contributed by atoms with Crippen LogP contribution in [0.5, 0.6) is 5.75 Å². The van der Waals surface area contributed by atoms with E-state index in [9.17, 15) is 22.8 Å². The zero-order chi connectivity index (χ0) is 22.7. The molecule has 0 saturated carbocycles.